The van der Waals surface area contributed by atoms with E-state index in [1.165, 1.54) is 0 Å². The second-order valence-electron chi connectivity index (χ2n) is 2.97. The van der Waals surface area contributed by atoms with Crippen LogP contribution in [-0.2, 0) is 4.79 Å². The van der Waals surface area contributed by atoms with E-state index < -0.39 is 0 Å². The number of thioether (sulfide) groups is 1. The standard InChI is InChI=1S/C7H13N5OS/c8-6(9)12-7(10)14-3-5(13)11-4-1-2-4/h4H,1-3H2,(H,11,13)(H5,8,9,10,12). The van der Waals surface area contributed by atoms with Crippen molar-refractivity contribution < 1.29 is 4.79 Å². The van der Waals surface area contributed by atoms with E-state index in [0.717, 1.165) is 24.6 Å². The number of hydrogen-bond acceptors (Lipinski definition) is 3. The smallest absolute Gasteiger partial charge is 0.230 e. The van der Waals surface area contributed by atoms with Gasteiger partial charge in [0.15, 0.2) is 11.1 Å². The van der Waals surface area contributed by atoms with Crippen molar-refractivity contribution in [2.75, 3.05) is 5.75 Å². The van der Waals surface area contributed by atoms with Gasteiger partial charge in [0, 0.05) is 6.04 Å². The number of carbonyl (C=O) groups excluding carboxylic acids is 1. The molecule has 0 heterocycles. The molecule has 0 atom stereocenters. The van der Waals surface area contributed by atoms with E-state index in [4.69, 9.17) is 16.9 Å². The summed E-state index contributed by atoms with van der Waals surface area (Å²) in [6, 6.07) is 0.348. The van der Waals surface area contributed by atoms with Crippen molar-refractivity contribution in [3.63, 3.8) is 0 Å². The third-order valence-corrected chi connectivity index (χ3v) is 2.28. The second-order valence-corrected chi connectivity index (χ2v) is 3.94. The van der Waals surface area contributed by atoms with Gasteiger partial charge in [-0.3, -0.25) is 10.2 Å². The molecule has 0 aliphatic heterocycles. The first-order valence-corrected chi connectivity index (χ1v) is 5.17. The summed E-state index contributed by atoms with van der Waals surface area (Å²) in [5.41, 5.74) is 10.1. The SMILES string of the molecule is N=C(N=C(N)N)SCC(=O)NC1CC1. The van der Waals surface area contributed by atoms with Gasteiger partial charge in [0.2, 0.25) is 5.91 Å². The summed E-state index contributed by atoms with van der Waals surface area (Å²) in [6.45, 7) is 0. The van der Waals surface area contributed by atoms with E-state index in [-0.39, 0.29) is 22.8 Å². The molecular formula is C7H13N5OS. The number of carbonyl (C=O) groups is 1. The normalized spacial score (nSPS) is 14.6. The van der Waals surface area contributed by atoms with Crippen molar-refractivity contribution in [2.45, 2.75) is 18.9 Å². The zero-order chi connectivity index (χ0) is 10.6. The molecule has 1 aliphatic rings. The highest BCUT2D eigenvalue weighted by molar-refractivity contribution is 8.14. The highest BCUT2D eigenvalue weighted by Crippen LogP contribution is 2.18. The minimum Gasteiger partial charge on any atom is -0.370 e. The predicted molar refractivity (Wildman–Crippen MR) is 57.2 cm³/mol. The number of nitrogens with two attached hydrogens (primary N) is 2. The molecule has 1 aliphatic carbocycles. The second kappa shape index (κ2) is 4.85. The van der Waals surface area contributed by atoms with Gasteiger partial charge in [0.25, 0.3) is 0 Å². The van der Waals surface area contributed by atoms with Crippen molar-refractivity contribution in [2.24, 2.45) is 16.5 Å². The molecule has 6 N–H and O–H groups in total. The summed E-state index contributed by atoms with van der Waals surface area (Å²) in [5, 5.41) is 10.00. The van der Waals surface area contributed by atoms with E-state index in [9.17, 15) is 4.79 Å². The summed E-state index contributed by atoms with van der Waals surface area (Å²) in [5.74, 6) is -0.0512. The monoisotopic (exact) mass is 215 g/mol. The van der Waals surface area contributed by atoms with Gasteiger partial charge >= 0.3 is 0 Å². The molecule has 0 radical (unpaired) electrons. The van der Waals surface area contributed by atoms with Crippen molar-refractivity contribution in [3.05, 3.63) is 0 Å². The van der Waals surface area contributed by atoms with Gasteiger partial charge in [0.1, 0.15) is 0 Å². The van der Waals surface area contributed by atoms with E-state index in [1.807, 2.05) is 0 Å². The van der Waals surface area contributed by atoms with Crippen LogP contribution < -0.4 is 16.8 Å². The lowest BCUT2D eigenvalue weighted by atomic mass is 10.6. The Morgan fingerprint density at radius 3 is 2.71 bits per heavy atom. The zero-order valence-electron chi connectivity index (χ0n) is 7.62. The lowest BCUT2D eigenvalue weighted by Crippen LogP contribution is -2.28. The summed E-state index contributed by atoms with van der Waals surface area (Å²) in [6.07, 6.45) is 2.11. The van der Waals surface area contributed by atoms with Gasteiger partial charge in [-0.05, 0) is 12.8 Å². The van der Waals surface area contributed by atoms with Gasteiger partial charge in [-0.25, -0.2) is 0 Å². The number of amides is 1. The topological polar surface area (TPSA) is 117 Å². The number of nitrogens with zero attached hydrogens (tertiary/aromatic N) is 1. The lowest BCUT2D eigenvalue weighted by Gasteiger charge is -2.01. The first-order valence-electron chi connectivity index (χ1n) is 4.18. The van der Waals surface area contributed by atoms with Crippen LogP contribution in [-0.4, -0.2) is 28.8 Å². The molecule has 0 aromatic rings. The van der Waals surface area contributed by atoms with E-state index >= 15 is 0 Å². The van der Waals surface area contributed by atoms with Crippen LogP contribution in [0.15, 0.2) is 4.99 Å². The van der Waals surface area contributed by atoms with Crippen LogP contribution in [0.4, 0.5) is 0 Å². The Balaban J connectivity index is 2.15. The Morgan fingerprint density at radius 2 is 2.21 bits per heavy atom. The Bertz CT molecular complexity index is 269. The van der Waals surface area contributed by atoms with Crippen molar-refractivity contribution in [1.82, 2.24) is 5.32 Å². The van der Waals surface area contributed by atoms with Crippen LogP contribution in [0.1, 0.15) is 12.8 Å². The van der Waals surface area contributed by atoms with Crippen LogP contribution in [0.25, 0.3) is 0 Å². The molecule has 1 saturated carbocycles. The summed E-state index contributed by atoms with van der Waals surface area (Å²) in [7, 11) is 0. The molecule has 0 spiro atoms. The number of aliphatic imine (C=N–C) groups is 1. The molecule has 0 saturated heterocycles. The third-order valence-electron chi connectivity index (χ3n) is 1.51. The number of hydrogen-bond donors (Lipinski definition) is 4. The maximum absolute atomic E-state index is 11.1. The van der Waals surface area contributed by atoms with Crippen LogP contribution in [0.3, 0.4) is 0 Å². The van der Waals surface area contributed by atoms with Gasteiger partial charge in [-0.1, -0.05) is 11.8 Å². The van der Waals surface area contributed by atoms with E-state index in [2.05, 4.69) is 10.3 Å². The average Bonchev–Trinajstić information content (AvgIpc) is 2.83. The number of rotatable bonds is 3. The molecule has 14 heavy (non-hydrogen) atoms. The Hall–Kier alpha value is -1.24. The number of nitrogens with one attached hydrogen (secondary N) is 2. The molecule has 0 unspecified atom stereocenters. The molecule has 7 heteroatoms. The molecule has 78 valence electrons. The Kier molecular flexibility index (Phi) is 3.75. The van der Waals surface area contributed by atoms with Crippen molar-refractivity contribution in [1.29, 1.82) is 5.41 Å². The van der Waals surface area contributed by atoms with E-state index in [0.29, 0.717) is 6.04 Å². The Labute approximate surface area is 86.0 Å². The lowest BCUT2D eigenvalue weighted by molar-refractivity contribution is -0.118. The van der Waals surface area contributed by atoms with Gasteiger partial charge in [-0.2, -0.15) is 4.99 Å². The minimum absolute atomic E-state index is 0.0454. The molecular weight excluding hydrogens is 202 g/mol. The first-order chi connectivity index (χ1) is 6.58. The maximum Gasteiger partial charge on any atom is 0.230 e. The van der Waals surface area contributed by atoms with Crippen molar-refractivity contribution in [3.8, 4) is 0 Å². The summed E-state index contributed by atoms with van der Waals surface area (Å²) in [4.78, 5) is 14.6. The number of amidine groups is 1. The third kappa shape index (κ3) is 4.70. The predicted octanol–water partition coefficient (Wildman–Crippen LogP) is -0.794. The fourth-order valence-corrected chi connectivity index (χ4v) is 1.30. The molecule has 0 aromatic carbocycles. The van der Waals surface area contributed by atoms with Crippen LogP contribution in [0, 0.1) is 5.41 Å². The quantitative estimate of drug-likeness (QED) is 0.364. The van der Waals surface area contributed by atoms with Crippen LogP contribution >= 0.6 is 11.8 Å². The highest BCUT2D eigenvalue weighted by Gasteiger charge is 2.23. The molecule has 1 amide bonds. The zero-order valence-corrected chi connectivity index (χ0v) is 8.43. The van der Waals surface area contributed by atoms with Crippen LogP contribution in [0.2, 0.25) is 0 Å². The van der Waals surface area contributed by atoms with Crippen LogP contribution in [0.5, 0.6) is 0 Å². The first kappa shape index (κ1) is 10.8. The maximum atomic E-state index is 11.1. The summed E-state index contributed by atoms with van der Waals surface area (Å²) < 4.78 is 0. The summed E-state index contributed by atoms with van der Waals surface area (Å²) >= 11 is 1.01. The molecule has 0 bridgehead atoms. The highest BCUT2D eigenvalue weighted by atomic mass is 32.2. The minimum atomic E-state index is -0.162. The number of guanidine groups is 1. The average molecular weight is 215 g/mol. The molecule has 1 rings (SSSR count). The van der Waals surface area contributed by atoms with Gasteiger partial charge < -0.3 is 16.8 Å². The van der Waals surface area contributed by atoms with Gasteiger partial charge in [0.05, 0.1) is 5.75 Å². The Morgan fingerprint density at radius 1 is 1.57 bits per heavy atom. The molecule has 1 fully saturated rings. The molecule has 6 nitrogen and oxygen atoms in total. The van der Waals surface area contributed by atoms with E-state index in [1.54, 1.807) is 0 Å². The largest absolute Gasteiger partial charge is 0.370 e. The fraction of sp³-hybridized carbons (Fsp3) is 0.571. The molecule has 0 aromatic heterocycles. The van der Waals surface area contributed by atoms with Crippen molar-refractivity contribution >= 4 is 28.8 Å². The van der Waals surface area contributed by atoms with Gasteiger partial charge in [-0.15, -0.1) is 0 Å². The fourth-order valence-electron chi connectivity index (χ4n) is 0.780.